The van der Waals surface area contributed by atoms with Crippen LogP contribution in [0, 0.1) is 5.92 Å². The third-order valence-electron chi connectivity index (χ3n) is 2.37. The summed E-state index contributed by atoms with van der Waals surface area (Å²) in [6.45, 7) is 4.40. The van der Waals surface area contributed by atoms with Crippen LogP contribution >= 0.6 is 12.2 Å². The van der Waals surface area contributed by atoms with Crippen LogP contribution in [0.4, 0.5) is 0 Å². The molecule has 0 aromatic heterocycles. The third kappa shape index (κ3) is 2.24. The Kier molecular flexibility index (Phi) is 3.49. The number of hydrogen-bond donors (Lipinski definition) is 1. The summed E-state index contributed by atoms with van der Waals surface area (Å²) in [5.74, 6) is 0.346. The van der Waals surface area contributed by atoms with Gasteiger partial charge in [0.2, 0.25) is 10.0 Å². The smallest absolute Gasteiger partial charge is 0.214 e. The fourth-order valence-corrected chi connectivity index (χ4v) is 4.08. The highest BCUT2D eigenvalue weighted by molar-refractivity contribution is 7.89. The molecule has 6 heteroatoms. The van der Waals surface area contributed by atoms with Gasteiger partial charge in [0.1, 0.15) is 0 Å². The summed E-state index contributed by atoms with van der Waals surface area (Å²) in [5, 5.41) is 0. The summed E-state index contributed by atoms with van der Waals surface area (Å²) in [6.07, 6.45) is 0.675. The summed E-state index contributed by atoms with van der Waals surface area (Å²) in [6, 6.07) is -0.322. The van der Waals surface area contributed by atoms with Crippen LogP contribution in [0.2, 0.25) is 0 Å². The summed E-state index contributed by atoms with van der Waals surface area (Å²) < 4.78 is 24.7. The van der Waals surface area contributed by atoms with E-state index in [1.54, 1.807) is 0 Å². The van der Waals surface area contributed by atoms with Crippen molar-refractivity contribution >= 4 is 27.2 Å². The molecule has 82 valence electrons. The second kappa shape index (κ2) is 4.12. The molecule has 1 aliphatic rings. The lowest BCUT2D eigenvalue weighted by Crippen LogP contribution is -2.47. The van der Waals surface area contributed by atoms with Crippen LogP contribution in [0.25, 0.3) is 0 Å². The maximum atomic E-state index is 11.6. The van der Waals surface area contributed by atoms with Crippen LogP contribution in [0.3, 0.4) is 0 Å². The quantitative estimate of drug-likeness (QED) is 0.717. The predicted octanol–water partition coefficient (Wildman–Crippen LogP) is 0.333. The van der Waals surface area contributed by atoms with E-state index in [2.05, 4.69) is 0 Å². The number of nitrogens with two attached hydrogens (primary N) is 1. The molecule has 0 saturated carbocycles. The number of nitrogens with zero attached hydrogens (tertiary/aromatic N) is 1. The summed E-state index contributed by atoms with van der Waals surface area (Å²) in [5.41, 5.74) is 5.56. The molecule has 1 atom stereocenters. The van der Waals surface area contributed by atoms with Crippen LogP contribution in [-0.2, 0) is 10.0 Å². The van der Waals surface area contributed by atoms with Gasteiger partial charge in [0, 0.05) is 6.54 Å². The number of sulfonamides is 1. The van der Waals surface area contributed by atoms with Crippen molar-refractivity contribution in [2.24, 2.45) is 11.7 Å². The van der Waals surface area contributed by atoms with Crippen LogP contribution in [0.1, 0.15) is 20.3 Å². The molecule has 1 heterocycles. The Morgan fingerprint density at radius 3 is 2.36 bits per heavy atom. The van der Waals surface area contributed by atoms with Gasteiger partial charge in [-0.3, -0.25) is 0 Å². The van der Waals surface area contributed by atoms with E-state index in [-0.39, 0.29) is 22.7 Å². The normalized spacial score (nSPS) is 23.9. The molecule has 1 unspecified atom stereocenters. The third-order valence-corrected chi connectivity index (χ3v) is 4.54. The van der Waals surface area contributed by atoms with Gasteiger partial charge < -0.3 is 5.73 Å². The molecule has 2 N–H and O–H groups in total. The molecule has 0 aromatic rings. The fraction of sp³-hybridized carbons (Fsp3) is 0.875. The van der Waals surface area contributed by atoms with Crippen LogP contribution in [-0.4, -0.2) is 36.1 Å². The largest absolute Gasteiger partial charge is 0.392 e. The molecule has 0 bridgehead atoms. The van der Waals surface area contributed by atoms with E-state index >= 15 is 0 Å². The van der Waals surface area contributed by atoms with Crippen molar-refractivity contribution in [1.82, 2.24) is 4.31 Å². The molecule has 0 aromatic carbocycles. The summed E-state index contributed by atoms with van der Waals surface area (Å²) in [4.78, 5) is 0.269. The van der Waals surface area contributed by atoms with E-state index in [9.17, 15) is 8.42 Å². The molecule has 1 rings (SSSR count). The minimum atomic E-state index is -3.11. The second-order valence-electron chi connectivity index (χ2n) is 3.87. The van der Waals surface area contributed by atoms with Crippen molar-refractivity contribution in [3.8, 4) is 0 Å². The molecule has 0 radical (unpaired) electrons. The predicted molar refractivity (Wildman–Crippen MR) is 60.5 cm³/mol. The minimum absolute atomic E-state index is 0.125. The molecule has 1 fully saturated rings. The summed E-state index contributed by atoms with van der Waals surface area (Å²) in [7, 11) is -3.11. The van der Waals surface area contributed by atoms with E-state index in [1.807, 2.05) is 13.8 Å². The van der Waals surface area contributed by atoms with Gasteiger partial charge in [-0.25, -0.2) is 8.42 Å². The lowest BCUT2D eigenvalue weighted by Gasteiger charge is -2.28. The number of rotatable bonds is 3. The first-order valence-corrected chi connectivity index (χ1v) is 6.67. The Balaban J connectivity index is 2.95. The SMILES string of the molecule is CC(C)C(C(N)=S)N1CCCS1(=O)=O. The van der Waals surface area contributed by atoms with Gasteiger partial charge in [-0.05, 0) is 12.3 Å². The van der Waals surface area contributed by atoms with Crippen molar-refractivity contribution in [2.75, 3.05) is 12.3 Å². The van der Waals surface area contributed by atoms with Gasteiger partial charge in [0.15, 0.2) is 0 Å². The Labute approximate surface area is 90.5 Å². The van der Waals surface area contributed by atoms with E-state index in [4.69, 9.17) is 18.0 Å². The van der Waals surface area contributed by atoms with E-state index in [0.717, 1.165) is 0 Å². The van der Waals surface area contributed by atoms with Crippen LogP contribution in [0.5, 0.6) is 0 Å². The zero-order chi connectivity index (χ0) is 10.9. The highest BCUT2D eigenvalue weighted by Gasteiger charge is 2.37. The van der Waals surface area contributed by atoms with Crippen molar-refractivity contribution in [3.63, 3.8) is 0 Å². The summed E-state index contributed by atoms with van der Waals surface area (Å²) >= 11 is 4.90. The first kappa shape index (κ1) is 11.9. The second-order valence-corrected chi connectivity index (χ2v) is 6.38. The Morgan fingerprint density at radius 1 is 1.50 bits per heavy atom. The zero-order valence-electron chi connectivity index (χ0n) is 8.43. The lowest BCUT2D eigenvalue weighted by atomic mass is 10.0. The van der Waals surface area contributed by atoms with Crippen molar-refractivity contribution < 1.29 is 8.42 Å². The topological polar surface area (TPSA) is 63.4 Å². The molecule has 14 heavy (non-hydrogen) atoms. The van der Waals surface area contributed by atoms with Crippen molar-refractivity contribution in [3.05, 3.63) is 0 Å². The van der Waals surface area contributed by atoms with Gasteiger partial charge in [-0.2, -0.15) is 4.31 Å². The first-order valence-electron chi connectivity index (χ1n) is 4.65. The average molecular weight is 236 g/mol. The highest BCUT2D eigenvalue weighted by Crippen LogP contribution is 2.21. The Bertz CT molecular complexity index is 324. The lowest BCUT2D eigenvalue weighted by molar-refractivity contribution is 0.341. The van der Waals surface area contributed by atoms with E-state index < -0.39 is 10.0 Å². The fourth-order valence-electron chi connectivity index (χ4n) is 1.77. The molecule has 1 saturated heterocycles. The molecule has 0 aliphatic carbocycles. The van der Waals surface area contributed by atoms with Gasteiger partial charge in [-0.15, -0.1) is 0 Å². The van der Waals surface area contributed by atoms with Crippen LogP contribution < -0.4 is 5.73 Å². The minimum Gasteiger partial charge on any atom is -0.392 e. The standard InChI is InChI=1S/C8H16N2O2S2/c1-6(2)7(8(9)13)10-4-3-5-14(10,11)12/h6-7H,3-5H2,1-2H3,(H2,9,13). The van der Waals surface area contributed by atoms with E-state index in [0.29, 0.717) is 13.0 Å². The highest BCUT2D eigenvalue weighted by atomic mass is 32.2. The first-order chi connectivity index (χ1) is 6.36. The van der Waals surface area contributed by atoms with Crippen molar-refractivity contribution in [1.29, 1.82) is 0 Å². The molecular weight excluding hydrogens is 220 g/mol. The van der Waals surface area contributed by atoms with Gasteiger partial charge in [0.25, 0.3) is 0 Å². The van der Waals surface area contributed by atoms with Gasteiger partial charge in [-0.1, -0.05) is 26.1 Å². The monoisotopic (exact) mass is 236 g/mol. The zero-order valence-corrected chi connectivity index (χ0v) is 10.1. The average Bonchev–Trinajstić information content (AvgIpc) is 2.29. The van der Waals surface area contributed by atoms with Gasteiger partial charge in [0.05, 0.1) is 16.8 Å². The number of hydrogen-bond acceptors (Lipinski definition) is 3. The van der Waals surface area contributed by atoms with Crippen LogP contribution in [0.15, 0.2) is 0 Å². The molecule has 4 nitrogen and oxygen atoms in total. The Morgan fingerprint density at radius 2 is 2.07 bits per heavy atom. The molecule has 0 spiro atoms. The van der Waals surface area contributed by atoms with E-state index in [1.165, 1.54) is 4.31 Å². The van der Waals surface area contributed by atoms with Crippen molar-refractivity contribution in [2.45, 2.75) is 26.3 Å². The molecule has 1 aliphatic heterocycles. The number of thiocarbonyl (C=S) groups is 1. The molecular formula is C8H16N2O2S2. The maximum absolute atomic E-state index is 11.6. The Hall–Kier alpha value is -0.200. The van der Waals surface area contributed by atoms with Gasteiger partial charge >= 0.3 is 0 Å². The maximum Gasteiger partial charge on any atom is 0.214 e. The molecule has 0 amide bonds.